The van der Waals surface area contributed by atoms with Crippen LogP contribution in [0.15, 0.2) is 97.1 Å². The first kappa shape index (κ1) is 16.9. The van der Waals surface area contributed by atoms with Crippen molar-refractivity contribution in [3.63, 3.8) is 0 Å². The summed E-state index contributed by atoms with van der Waals surface area (Å²) in [6.07, 6.45) is 0. The van der Waals surface area contributed by atoms with Crippen LogP contribution in [0, 0.1) is 0 Å². The third kappa shape index (κ3) is 2.31. The standard InChI is InChI=1S/C28H18O2/c29-25-15-17-7-1-3-9-19(17)21-11-5-13-23(27(21)25)24-14-6-12-22-20-10-4-2-8-18(20)16-26(30)28(22)24/h1-16,29-30H. The van der Waals surface area contributed by atoms with E-state index in [2.05, 4.69) is 12.1 Å². The summed E-state index contributed by atoms with van der Waals surface area (Å²) in [5.74, 6) is 0.494. The van der Waals surface area contributed by atoms with Crippen molar-refractivity contribution in [3.05, 3.63) is 97.1 Å². The highest BCUT2D eigenvalue weighted by Gasteiger charge is 2.16. The second-order valence-electron chi connectivity index (χ2n) is 7.69. The van der Waals surface area contributed by atoms with Crippen LogP contribution in [-0.2, 0) is 0 Å². The predicted octanol–water partition coefficient (Wildman–Crippen LogP) is 7.38. The molecule has 2 heteroatoms. The van der Waals surface area contributed by atoms with Crippen LogP contribution in [0.5, 0.6) is 11.5 Å². The van der Waals surface area contributed by atoms with Gasteiger partial charge < -0.3 is 10.2 Å². The molecule has 0 saturated heterocycles. The molecule has 0 atom stereocenters. The molecule has 0 amide bonds. The monoisotopic (exact) mass is 386 g/mol. The first-order chi connectivity index (χ1) is 14.7. The Bertz CT molecular complexity index is 1490. The molecule has 0 saturated carbocycles. The molecular weight excluding hydrogens is 368 g/mol. The van der Waals surface area contributed by atoms with E-state index in [0.717, 1.165) is 54.2 Å². The molecule has 2 N–H and O–H groups in total. The first-order valence-electron chi connectivity index (χ1n) is 9.99. The maximum atomic E-state index is 11.0. The van der Waals surface area contributed by atoms with E-state index in [4.69, 9.17) is 0 Å². The van der Waals surface area contributed by atoms with E-state index in [-0.39, 0.29) is 11.5 Å². The zero-order chi connectivity index (χ0) is 20.2. The second-order valence-corrected chi connectivity index (χ2v) is 7.69. The third-order valence-corrected chi connectivity index (χ3v) is 6.02. The summed E-state index contributed by atoms with van der Waals surface area (Å²) in [5, 5.41) is 29.7. The Kier molecular flexibility index (Phi) is 3.50. The predicted molar refractivity (Wildman–Crippen MR) is 125 cm³/mol. The number of benzene rings is 6. The number of rotatable bonds is 1. The minimum atomic E-state index is 0.247. The lowest BCUT2D eigenvalue weighted by Crippen LogP contribution is -1.88. The number of hydrogen-bond donors (Lipinski definition) is 2. The maximum absolute atomic E-state index is 11.0. The van der Waals surface area contributed by atoms with Crippen LogP contribution in [0.3, 0.4) is 0 Å². The number of phenolic OH excluding ortho intramolecular Hbond substituents is 2. The van der Waals surface area contributed by atoms with Gasteiger partial charge in [0, 0.05) is 10.8 Å². The van der Waals surface area contributed by atoms with Gasteiger partial charge in [-0.3, -0.25) is 0 Å². The van der Waals surface area contributed by atoms with Gasteiger partial charge in [-0.1, -0.05) is 84.9 Å². The highest BCUT2D eigenvalue weighted by molar-refractivity contribution is 6.20. The quantitative estimate of drug-likeness (QED) is 0.289. The van der Waals surface area contributed by atoms with E-state index < -0.39 is 0 Å². The summed E-state index contributed by atoms with van der Waals surface area (Å²) in [4.78, 5) is 0. The van der Waals surface area contributed by atoms with Crippen molar-refractivity contribution in [2.75, 3.05) is 0 Å². The smallest absolute Gasteiger partial charge is 0.124 e. The minimum absolute atomic E-state index is 0.247. The molecular formula is C28H18O2. The molecule has 6 aromatic rings. The van der Waals surface area contributed by atoms with E-state index in [9.17, 15) is 10.2 Å². The molecule has 0 aliphatic carbocycles. The summed E-state index contributed by atoms with van der Waals surface area (Å²) in [7, 11) is 0. The van der Waals surface area contributed by atoms with Crippen LogP contribution < -0.4 is 0 Å². The van der Waals surface area contributed by atoms with Crippen molar-refractivity contribution in [1.82, 2.24) is 0 Å². The molecule has 0 aliphatic heterocycles. The molecule has 2 nitrogen and oxygen atoms in total. The Labute approximate surface area is 173 Å². The Balaban J connectivity index is 1.79. The normalized spacial score (nSPS) is 11.6. The number of phenols is 2. The molecule has 0 aliphatic rings. The third-order valence-electron chi connectivity index (χ3n) is 6.02. The van der Waals surface area contributed by atoms with Crippen molar-refractivity contribution in [2.24, 2.45) is 0 Å². The summed E-state index contributed by atoms with van der Waals surface area (Å²) >= 11 is 0. The van der Waals surface area contributed by atoms with E-state index in [1.807, 2.05) is 84.9 Å². The van der Waals surface area contributed by atoms with Crippen LogP contribution in [0.25, 0.3) is 54.2 Å². The Morgan fingerprint density at radius 2 is 0.800 bits per heavy atom. The van der Waals surface area contributed by atoms with Gasteiger partial charge in [-0.2, -0.15) is 0 Å². The van der Waals surface area contributed by atoms with Crippen LogP contribution in [0.4, 0.5) is 0 Å². The maximum Gasteiger partial charge on any atom is 0.124 e. The lowest BCUT2D eigenvalue weighted by Gasteiger charge is -2.15. The minimum Gasteiger partial charge on any atom is -0.507 e. The highest BCUT2D eigenvalue weighted by atomic mass is 16.3. The Morgan fingerprint density at radius 1 is 0.400 bits per heavy atom. The fourth-order valence-electron chi connectivity index (χ4n) is 4.73. The number of aromatic hydroxyl groups is 2. The average molecular weight is 386 g/mol. The van der Waals surface area contributed by atoms with E-state index in [0.29, 0.717) is 0 Å². The first-order valence-corrected chi connectivity index (χ1v) is 9.99. The molecule has 0 radical (unpaired) electrons. The van der Waals surface area contributed by atoms with Crippen LogP contribution in [0.1, 0.15) is 0 Å². The van der Waals surface area contributed by atoms with Crippen molar-refractivity contribution in [3.8, 4) is 22.6 Å². The van der Waals surface area contributed by atoms with Gasteiger partial charge in [0.2, 0.25) is 0 Å². The van der Waals surface area contributed by atoms with E-state index in [1.54, 1.807) is 0 Å². The van der Waals surface area contributed by atoms with Gasteiger partial charge in [0.25, 0.3) is 0 Å². The molecule has 0 fully saturated rings. The molecule has 0 aromatic heterocycles. The molecule has 6 rings (SSSR count). The average Bonchev–Trinajstić information content (AvgIpc) is 2.78. The lowest BCUT2D eigenvalue weighted by molar-refractivity contribution is 0.481. The number of fused-ring (bicyclic) bond motifs is 6. The Morgan fingerprint density at radius 3 is 1.27 bits per heavy atom. The van der Waals surface area contributed by atoms with Gasteiger partial charge in [-0.15, -0.1) is 0 Å². The summed E-state index contributed by atoms with van der Waals surface area (Å²) in [6, 6.07) is 31.9. The van der Waals surface area contributed by atoms with E-state index in [1.165, 1.54) is 0 Å². The molecule has 0 heterocycles. The van der Waals surface area contributed by atoms with Gasteiger partial charge in [0.05, 0.1) is 0 Å². The van der Waals surface area contributed by atoms with Crippen LogP contribution in [-0.4, -0.2) is 10.2 Å². The topological polar surface area (TPSA) is 40.5 Å². The van der Waals surface area contributed by atoms with Crippen molar-refractivity contribution < 1.29 is 10.2 Å². The molecule has 142 valence electrons. The number of hydrogen-bond acceptors (Lipinski definition) is 2. The summed E-state index contributed by atoms with van der Waals surface area (Å²) < 4.78 is 0. The van der Waals surface area contributed by atoms with Crippen molar-refractivity contribution in [1.29, 1.82) is 0 Å². The largest absolute Gasteiger partial charge is 0.507 e. The molecule has 30 heavy (non-hydrogen) atoms. The lowest BCUT2D eigenvalue weighted by atomic mass is 9.90. The Hall–Kier alpha value is -4.04. The van der Waals surface area contributed by atoms with Gasteiger partial charge in [0.15, 0.2) is 0 Å². The molecule has 0 unspecified atom stereocenters. The zero-order valence-corrected chi connectivity index (χ0v) is 16.1. The zero-order valence-electron chi connectivity index (χ0n) is 16.1. The fraction of sp³-hybridized carbons (Fsp3) is 0. The van der Waals surface area contributed by atoms with Crippen molar-refractivity contribution in [2.45, 2.75) is 0 Å². The van der Waals surface area contributed by atoms with Crippen LogP contribution >= 0.6 is 0 Å². The fourth-order valence-corrected chi connectivity index (χ4v) is 4.73. The van der Waals surface area contributed by atoms with E-state index >= 15 is 0 Å². The van der Waals surface area contributed by atoms with Gasteiger partial charge in [-0.25, -0.2) is 0 Å². The molecule has 0 spiro atoms. The summed E-state index contributed by atoms with van der Waals surface area (Å²) in [6.45, 7) is 0. The van der Waals surface area contributed by atoms with Gasteiger partial charge in [-0.05, 0) is 55.6 Å². The van der Waals surface area contributed by atoms with Gasteiger partial charge >= 0.3 is 0 Å². The highest BCUT2D eigenvalue weighted by Crippen LogP contribution is 2.44. The SMILES string of the molecule is Oc1cc2ccccc2c2cccc(-c3cccc4c3c(O)cc3ccccc34)c12. The van der Waals surface area contributed by atoms with Gasteiger partial charge in [0.1, 0.15) is 11.5 Å². The van der Waals surface area contributed by atoms with Crippen LogP contribution in [0.2, 0.25) is 0 Å². The molecule has 6 aromatic carbocycles. The van der Waals surface area contributed by atoms with Crippen molar-refractivity contribution >= 4 is 43.1 Å². The molecule has 0 bridgehead atoms. The second kappa shape index (κ2) is 6.23. The summed E-state index contributed by atoms with van der Waals surface area (Å²) in [5.41, 5.74) is 1.82.